The van der Waals surface area contributed by atoms with Crippen LogP contribution in [0, 0.1) is 11.3 Å². The molecule has 0 aliphatic carbocycles. The number of rotatable bonds is 6. The Labute approximate surface area is 139 Å². The van der Waals surface area contributed by atoms with Crippen molar-refractivity contribution in [2.45, 2.75) is 18.9 Å². The SMILES string of the molecule is C=C(CC(C#N)(OC(=O)OCC)c1ccc(Cl)cc1)C(=O)OC. The van der Waals surface area contributed by atoms with Crippen molar-refractivity contribution in [2.24, 2.45) is 0 Å². The minimum absolute atomic E-state index is 0.0201. The lowest BCUT2D eigenvalue weighted by atomic mass is 9.88. The van der Waals surface area contributed by atoms with Crippen molar-refractivity contribution in [1.29, 1.82) is 5.26 Å². The maximum Gasteiger partial charge on any atom is 0.510 e. The molecule has 0 N–H and O–H groups in total. The molecule has 23 heavy (non-hydrogen) atoms. The van der Waals surface area contributed by atoms with Crippen LogP contribution in [0.4, 0.5) is 4.79 Å². The monoisotopic (exact) mass is 337 g/mol. The molecule has 122 valence electrons. The molecule has 0 amide bonds. The molecule has 0 bridgehead atoms. The molecule has 0 aromatic heterocycles. The Balaban J connectivity index is 3.24. The lowest BCUT2D eigenvalue weighted by Gasteiger charge is -2.27. The third kappa shape index (κ3) is 4.73. The Hall–Kier alpha value is -2.52. The highest BCUT2D eigenvalue weighted by Gasteiger charge is 2.39. The molecule has 1 unspecified atom stereocenters. The van der Waals surface area contributed by atoms with Crippen molar-refractivity contribution < 1.29 is 23.8 Å². The van der Waals surface area contributed by atoms with E-state index in [2.05, 4.69) is 11.3 Å². The first kappa shape index (κ1) is 18.5. The van der Waals surface area contributed by atoms with Crippen molar-refractivity contribution >= 4 is 23.7 Å². The van der Waals surface area contributed by atoms with Crippen LogP contribution in [0.5, 0.6) is 0 Å². The second kappa shape index (κ2) is 8.20. The van der Waals surface area contributed by atoms with E-state index in [-0.39, 0.29) is 18.6 Å². The van der Waals surface area contributed by atoms with Gasteiger partial charge in [0, 0.05) is 22.6 Å². The number of halogens is 1. The van der Waals surface area contributed by atoms with Crippen molar-refractivity contribution in [3.8, 4) is 6.07 Å². The van der Waals surface area contributed by atoms with Gasteiger partial charge in [-0.25, -0.2) is 9.59 Å². The average molecular weight is 338 g/mol. The second-order valence-corrected chi connectivity index (χ2v) is 4.94. The topological polar surface area (TPSA) is 85.6 Å². The van der Waals surface area contributed by atoms with E-state index in [1.807, 2.05) is 6.07 Å². The smallest absolute Gasteiger partial charge is 0.466 e. The third-order valence-corrected chi connectivity index (χ3v) is 3.20. The van der Waals surface area contributed by atoms with E-state index in [4.69, 9.17) is 21.1 Å². The lowest BCUT2D eigenvalue weighted by molar-refractivity contribution is -0.136. The summed E-state index contributed by atoms with van der Waals surface area (Å²) in [5, 5.41) is 10.1. The predicted octanol–water partition coefficient (Wildman–Crippen LogP) is 3.35. The van der Waals surface area contributed by atoms with Crippen LogP contribution in [-0.4, -0.2) is 25.8 Å². The van der Waals surface area contributed by atoms with Crippen LogP contribution in [0.1, 0.15) is 18.9 Å². The molecule has 6 nitrogen and oxygen atoms in total. The number of carbonyl (C=O) groups is 2. The first-order valence-corrected chi connectivity index (χ1v) is 7.05. The minimum Gasteiger partial charge on any atom is -0.466 e. The molecule has 0 saturated carbocycles. The van der Waals surface area contributed by atoms with E-state index in [1.165, 1.54) is 19.2 Å². The number of carbonyl (C=O) groups excluding carboxylic acids is 2. The molecule has 1 atom stereocenters. The zero-order valence-corrected chi connectivity index (χ0v) is 13.6. The zero-order chi connectivity index (χ0) is 17.5. The summed E-state index contributed by atoms with van der Waals surface area (Å²) >= 11 is 5.83. The molecule has 7 heteroatoms. The van der Waals surface area contributed by atoms with E-state index in [1.54, 1.807) is 19.1 Å². The molecule has 0 spiro atoms. The number of nitriles is 1. The fourth-order valence-electron chi connectivity index (χ4n) is 1.85. The number of hydrogen-bond acceptors (Lipinski definition) is 6. The van der Waals surface area contributed by atoms with Crippen LogP contribution >= 0.6 is 11.6 Å². The van der Waals surface area contributed by atoms with Gasteiger partial charge in [-0.05, 0) is 19.1 Å². The number of ether oxygens (including phenoxy) is 3. The molecule has 1 rings (SSSR count). The van der Waals surface area contributed by atoms with Gasteiger partial charge in [0.05, 0.1) is 13.7 Å². The van der Waals surface area contributed by atoms with Gasteiger partial charge in [0.2, 0.25) is 5.60 Å². The Kier molecular flexibility index (Phi) is 6.61. The van der Waals surface area contributed by atoms with Crippen LogP contribution in [0.25, 0.3) is 0 Å². The summed E-state index contributed by atoms with van der Waals surface area (Å²) in [6.45, 7) is 5.26. The summed E-state index contributed by atoms with van der Waals surface area (Å²) in [6.07, 6.45) is -1.29. The summed E-state index contributed by atoms with van der Waals surface area (Å²) in [5.41, 5.74) is -1.46. The Morgan fingerprint density at radius 3 is 2.43 bits per heavy atom. The fraction of sp³-hybridized carbons (Fsp3) is 0.312. The van der Waals surface area contributed by atoms with Crippen molar-refractivity contribution in [3.05, 3.63) is 47.0 Å². The number of methoxy groups -OCH3 is 1. The largest absolute Gasteiger partial charge is 0.510 e. The van der Waals surface area contributed by atoms with E-state index in [9.17, 15) is 14.9 Å². The predicted molar refractivity (Wildman–Crippen MR) is 82.6 cm³/mol. The van der Waals surface area contributed by atoms with E-state index in [0.717, 1.165) is 0 Å². The molecule has 0 fully saturated rings. The molecule has 1 aromatic rings. The van der Waals surface area contributed by atoms with E-state index < -0.39 is 17.7 Å². The molecular formula is C16H16ClNO5. The van der Waals surface area contributed by atoms with Crippen LogP contribution < -0.4 is 0 Å². The van der Waals surface area contributed by atoms with Gasteiger partial charge in [0.1, 0.15) is 6.07 Å². The van der Waals surface area contributed by atoms with Gasteiger partial charge >= 0.3 is 12.1 Å². The Morgan fingerprint density at radius 2 is 1.96 bits per heavy atom. The maximum atomic E-state index is 11.7. The Bertz CT molecular complexity index is 635. The highest BCUT2D eigenvalue weighted by molar-refractivity contribution is 6.30. The number of nitrogens with zero attached hydrogens (tertiary/aromatic N) is 1. The fourth-order valence-corrected chi connectivity index (χ4v) is 1.98. The highest BCUT2D eigenvalue weighted by atomic mass is 35.5. The summed E-state index contributed by atoms with van der Waals surface area (Å²) in [7, 11) is 1.19. The molecule has 1 aromatic carbocycles. The quantitative estimate of drug-likeness (QED) is 0.584. The zero-order valence-electron chi connectivity index (χ0n) is 12.8. The molecule has 0 saturated heterocycles. The van der Waals surface area contributed by atoms with Gasteiger partial charge in [0.25, 0.3) is 0 Å². The lowest BCUT2D eigenvalue weighted by Crippen LogP contribution is -2.33. The van der Waals surface area contributed by atoms with Gasteiger partial charge in [-0.3, -0.25) is 0 Å². The van der Waals surface area contributed by atoms with Crippen molar-refractivity contribution in [1.82, 2.24) is 0 Å². The van der Waals surface area contributed by atoms with Crippen LogP contribution in [0.2, 0.25) is 5.02 Å². The minimum atomic E-state index is -1.78. The number of benzene rings is 1. The second-order valence-electron chi connectivity index (χ2n) is 4.50. The highest BCUT2D eigenvalue weighted by Crippen LogP contribution is 2.33. The maximum absolute atomic E-state index is 11.7. The summed E-state index contributed by atoms with van der Waals surface area (Å²) in [5.74, 6) is -0.703. The molecule has 0 radical (unpaired) electrons. The number of esters is 1. The Morgan fingerprint density at radius 1 is 1.35 bits per heavy atom. The standard InChI is InChI=1S/C16H16ClNO5/c1-4-22-15(20)23-16(10-18,9-11(2)14(19)21-3)12-5-7-13(17)8-6-12/h5-8H,2,4,9H2,1,3H3. The van der Waals surface area contributed by atoms with Gasteiger partial charge in [-0.2, -0.15) is 5.26 Å². The third-order valence-electron chi connectivity index (χ3n) is 2.95. The summed E-state index contributed by atoms with van der Waals surface area (Å²) in [4.78, 5) is 23.3. The summed E-state index contributed by atoms with van der Waals surface area (Å²) in [6, 6.07) is 8.04. The van der Waals surface area contributed by atoms with E-state index in [0.29, 0.717) is 10.6 Å². The van der Waals surface area contributed by atoms with Gasteiger partial charge in [-0.15, -0.1) is 0 Å². The number of hydrogen-bond donors (Lipinski definition) is 0. The van der Waals surface area contributed by atoms with Gasteiger partial charge in [-0.1, -0.05) is 30.3 Å². The van der Waals surface area contributed by atoms with Crippen molar-refractivity contribution in [2.75, 3.05) is 13.7 Å². The van der Waals surface area contributed by atoms with Gasteiger partial charge in [0.15, 0.2) is 0 Å². The molecule has 0 aliphatic heterocycles. The van der Waals surface area contributed by atoms with E-state index >= 15 is 0 Å². The first-order valence-electron chi connectivity index (χ1n) is 6.67. The van der Waals surface area contributed by atoms with Gasteiger partial charge < -0.3 is 14.2 Å². The average Bonchev–Trinajstić information content (AvgIpc) is 2.54. The van der Waals surface area contributed by atoms with Crippen LogP contribution in [0.3, 0.4) is 0 Å². The molecule has 0 heterocycles. The van der Waals surface area contributed by atoms with Crippen molar-refractivity contribution in [3.63, 3.8) is 0 Å². The van der Waals surface area contributed by atoms with Crippen LogP contribution in [0.15, 0.2) is 36.4 Å². The normalized spacial score (nSPS) is 12.4. The molecular weight excluding hydrogens is 322 g/mol. The summed E-state index contributed by atoms with van der Waals surface area (Å²) < 4.78 is 14.5. The van der Waals surface area contributed by atoms with Crippen LogP contribution in [-0.2, 0) is 24.6 Å². The molecule has 0 aliphatic rings. The first-order chi connectivity index (χ1) is 10.9.